The lowest BCUT2D eigenvalue weighted by molar-refractivity contribution is 0.102. The third kappa shape index (κ3) is 6.66. The normalized spacial score (nSPS) is 10.5. The summed E-state index contributed by atoms with van der Waals surface area (Å²) in [6.07, 6.45) is 3.43. The summed E-state index contributed by atoms with van der Waals surface area (Å²) in [4.78, 5) is 12.5. The number of unbranched alkanes of at least 4 members (excludes halogenated alkanes) is 1. The lowest BCUT2D eigenvalue weighted by Gasteiger charge is -2.10. The molecule has 1 amide bonds. The van der Waals surface area contributed by atoms with Crippen LogP contribution >= 0.6 is 0 Å². The molecule has 0 aromatic heterocycles. The van der Waals surface area contributed by atoms with E-state index in [1.807, 2.05) is 43.3 Å². The van der Waals surface area contributed by atoms with Crippen LogP contribution < -0.4 is 14.8 Å². The molecule has 0 atom stereocenters. The van der Waals surface area contributed by atoms with Gasteiger partial charge in [0.15, 0.2) is 0 Å². The van der Waals surface area contributed by atoms with Gasteiger partial charge in [0.2, 0.25) is 0 Å². The average Bonchev–Trinajstić information content (AvgIpc) is 2.77. The molecule has 0 aliphatic carbocycles. The molecule has 0 aliphatic heterocycles. The molecule has 3 rings (SSSR count). The number of nitrogens with one attached hydrogen (secondary N) is 1. The summed E-state index contributed by atoms with van der Waals surface area (Å²) in [5, 5.41) is 2.94. The van der Waals surface area contributed by atoms with Gasteiger partial charge in [-0.3, -0.25) is 4.79 Å². The van der Waals surface area contributed by atoms with E-state index in [0.717, 1.165) is 23.4 Å². The predicted molar refractivity (Wildman–Crippen MR) is 122 cm³/mol. The first-order chi connectivity index (χ1) is 14.6. The van der Waals surface area contributed by atoms with Crippen LogP contribution in [0.5, 0.6) is 11.5 Å². The van der Waals surface area contributed by atoms with Crippen molar-refractivity contribution in [2.24, 2.45) is 0 Å². The summed E-state index contributed by atoms with van der Waals surface area (Å²) in [7, 11) is 0. The van der Waals surface area contributed by atoms with Crippen LogP contribution in [0, 0.1) is 6.92 Å². The summed E-state index contributed by atoms with van der Waals surface area (Å²) in [5.74, 6) is 1.41. The van der Waals surface area contributed by atoms with Crippen molar-refractivity contribution >= 4 is 11.6 Å². The predicted octanol–water partition coefficient (Wildman–Crippen LogP) is 6.05. The Bertz CT molecular complexity index is 933. The van der Waals surface area contributed by atoms with Crippen LogP contribution in [0.1, 0.15) is 41.3 Å². The molecule has 1 N–H and O–H groups in total. The summed E-state index contributed by atoms with van der Waals surface area (Å²) in [6.45, 7) is 5.11. The fourth-order valence-electron chi connectivity index (χ4n) is 3.07. The van der Waals surface area contributed by atoms with Crippen molar-refractivity contribution < 1.29 is 14.3 Å². The highest BCUT2D eigenvalue weighted by Crippen LogP contribution is 2.16. The second-order valence-corrected chi connectivity index (χ2v) is 7.29. The number of amides is 1. The second-order valence-electron chi connectivity index (χ2n) is 7.29. The van der Waals surface area contributed by atoms with E-state index >= 15 is 0 Å². The maximum absolute atomic E-state index is 12.5. The third-order valence-corrected chi connectivity index (χ3v) is 4.76. The molecular weight excluding hydrogens is 374 g/mol. The average molecular weight is 404 g/mol. The van der Waals surface area contributed by atoms with Gasteiger partial charge in [-0.1, -0.05) is 37.6 Å². The van der Waals surface area contributed by atoms with Crippen LogP contribution in [0.15, 0.2) is 72.8 Å². The minimum atomic E-state index is -0.134. The van der Waals surface area contributed by atoms with Crippen LogP contribution in [0.4, 0.5) is 5.69 Å². The van der Waals surface area contributed by atoms with E-state index in [1.165, 1.54) is 18.4 Å². The van der Waals surface area contributed by atoms with Crippen LogP contribution in [-0.4, -0.2) is 19.1 Å². The van der Waals surface area contributed by atoms with E-state index in [4.69, 9.17) is 9.47 Å². The topological polar surface area (TPSA) is 47.6 Å². The molecule has 4 nitrogen and oxygen atoms in total. The number of benzene rings is 3. The summed E-state index contributed by atoms with van der Waals surface area (Å²) < 4.78 is 11.4. The number of carbonyl (C=O) groups excluding carboxylic acids is 1. The summed E-state index contributed by atoms with van der Waals surface area (Å²) in [6, 6.07) is 23.1. The van der Waals surface area contributed by atoms with Gasteiger partial charge in [0.25, 0.3) is 5.91 Å². The van der Waals surface area contributed by atoms with Crippen molar-refractivity contribution in [2.45, 2.75) is 33.1 Å². The Balaban J connectivity index is 1.44. The molecule has 0 saturated heterocycles. The number of ether oxygens (including phenoxy) is 2. The Kier molecular flexibility index (Phi) is 7.90. The van der Waals surface area contributed by atoms with Crippen molar-refractivity contribution in [1.29, 1.82) is 0 Å². The maximum Gasteiger partial charge on any atom is 0.255 e. The second kappa shape index (κ2) is 11.1. The van der Waals surface area contributed by atoms with Gasteiger partial charge in [0.05, 0.1) is 0 Å². The van der Waals surface area contributed by atoms with E-state index in [2.05, 4.69) is 24.4 Å². The van der Waals surface area contributed by atoms with Crippen LogP contribution in [-0.2, 0) is 6.42 Å². The molecule has 3 aromatic rings. The molecular formula is C26H29NO3. The van der Waals surface area contributed by atoms with E-state index in [-0.39, 0.29) is 5.91 Å². The van der Waals surface area contributed by atoms with E-state index in [1.54, 1.807) is 24.3 Å². The molecule has 0 spiro atoms. The highest BCUT2D eigenvalue weighted by Gasteiger charge is 2.07. The molecule has 0 radical (unpaired) electrons. The molecule has 0 fully saturated rings. The van der Waals surface area contributed by atoms with Gasteiger partial charge >= 0.3 is 0 Å². The molecule has 30 heavy (non-hydrogen) atoms. The minimum absolute atomic E-state index is 0.134. The van der Waals surface area contributed by atoms with Gasteiger partial charge in [0, 0.05) is 11.3 Å². The highest BCUT2D eigenvalue weighted by molar-refractivity contribution is 6.04. The third-order valence-electron chi connectivity index (χ3n) is 4.76. The molecule has 0 unspecified atom stereocenters. The Morgan fingerprint density at radius 2 is 1.57 bits per heavy atom. The number of carbonyl (C=O) groups is 1. The van der Waals surface area contributed by atoms with E-state index in [9.17, 15) is 4.79 Å². The largest absolute Gasteiger partial charge is 0.490 e. The number of rotatable bonds is 10. The summed E-state index contributed by atoms with van der Waals surface area (Å²) in [5.41, 5.74) is 3.85. The first kappa shape index (κ1) is 21.4. The van der Waals surface area contributed by atoms with Crippen molar-refractivity contribution in [3.63, 3.8) is 0 Å². The lowest BCUT2D eigenvalue weighted by atomic mass is 10.1. The number of aryl methyl sites for hydroxylation is 2. The Hall–Kier alpha value is -3.27. The Morgan fingerprint density at radius 1 is 0.867 bits per heavy atom. The van der Waals surface area contributed by atoms with Gasteiger partial charge in [-0.2, -0.15) is 0 Å². The summed E-state index contributed by atoms with van der Waals surface area (Å²) >= 11 is 0. The fourth-order valence-corrected chi connectivity index (χ4v) is 3.07. The van der Waals surface area contributed by atoms with Crippen molar-refractivity contribution in [3.8, 4) is 11.5 Å². The van der Waals surface area contributed by atoms with Crippen LogP contribution in [0.2, 0.25) is 0 Å². The Labute approximate surface area is 178 Å². The first-order valence-corrected chi connectivity index (χ1v) is 10.5. The quantitative estimate of drug-likeness (QED) is 0.419. The van der Waals surface area contributed by atoms with Gasteiger partial charge in [-0.25, -0.2) is 0 Å². The minimum Gasteiger partial charge on any atom is -0.490 e. The van der Waals surface area contributed by atoms with Crippen LogP contribution in [0.3, 0.4) is 0 Å². The van der Waals surface area contributed by atoms with E-state index < -0.39 is 0 Å². The lowest BCUT2D eigenvalue weighted by Crippen LogP contribution is -2.12. The fraction of sp³-hybridized carbons (Fsp3) is 0.269. The van der Waals surface area contributed by atoms with Gasteiger partial charge in [0.1, 0.15) is 24.7 Å². The molecule has 0 aliphatic rings. The number of anilines is 1. The van der Waals surface area contributed by atoms with Gasteiger partial charge in [-0.05, 0) is 79.4 Å². The molecule has 4 heteroatoms. The van der Waals surface area contributed by atoms with Crippen molar-refractivity contribution in [2.75, 3.05) is 18.5 Å². The highest BCUT2D eigenvalue weighted by atomic mass is 16.5. The smallest absolute Gasteiger partial charge is 0.255 e. The van der Waals surface area contributed by atoms with Gasteiger partial charge in [-0.15, -0.1) is 0 Å². The van der Waals surface area contributed by atoms with E-state index in [0.29, 0.717) is 24.5 Å². The first-order valence-electron chi connectivity index (χ1n) is 10.5. The van der Waals surface area contributed by atoms with Gasteiger partial charge < -0.3 is 14.8 Å². The molecule has 0 bridgehead atoms. The molecule has 156 valence electrons. The zero-order valence-corrected chi connectivity index (χ0v) is 17.7. The molecule has 0 heterocycles. The van der Waals surface area contributed by atoms with Crippen LogP contribution in [0.25, 0.3) is 0 Å². The van der Waals surface area contributed by atoms with Crippen molar-refractivity contribution in [3.05, 3.63) is 89.5 Å². The standard InChI is InChI=1S/C26H29NO3/c1-3-4-7-21-9-13-23(14-10-21)27-26(28)22-11-15-24(16-12-22)29-17-18-30-25-8-5-6-20(2)19-25/h5-6,8-16,19H,3-4,7,17-18H2,1-2H3,(H,27,28). The SMILES string of the molecule is CCCCc1ccc(NC(=O)c2ccc(OCCOc3cccc(C)c3)cc2)cc1. The maximum atomic E-state index is 12.5. The number of hydrogen-bond donors (Lipinski definition) is 1. The molecule has 0 saturated carbocycles. The Morgan fingerprint density at radius 3 is 2.23 bits per heavy atom. The number of hydrogen-bond acceptors (Lipinski definition) is 3. The van der Waals surface area contributed by atoms with Crippen molar-refractivity contribution in [1.82, 2.24) is 0 Å². The molecule has 3 aromatic carbocycles. The zero-order valence-electron chi connectivity index (χ0n) is 17.7. The monoisotopic (exact) mass is 403 g/mol. The zero-order chi connectivity index (χ0) is 21.2.